The van der Waals surface area contributed by atoms with Crippen molar-refractivity contribution in [2.45, 2.75) is 12.3 Å². The molecule has 1 unspecified atom stereocenters. The Morgan fingerprint density at radius 2 is 2.00 bits per heavy atom. The molecule has 7 heteroatoms. The van der Waals surface area contributed by atoms with Gasteiger partial charge in [-0.1, -0.05) is 12.1 Å². The van der Waals surface area contributed by atoms with Gasteiger partial charge in [-0.25, -0.2) is 8.78 Å². The Bertz CT molecular complexity index is 1270. The Hall–Kier alpha value is -3.74. The van der Waals surface area contributed by atoms with Crippen LogP contribution in [0, 0.1) is 11.6 Å². The van der Waals surface area contributed by atoms with Gasteiger partial charge in [0.25, 0.3) is 0 Å². The van der Waals surface area contributed by atoms with Gasteiger partial charge in [-0.15, -0.1) is 0 Å². The number of aliphatic imine (C=N–C) groups is 1. The molecule has 0 radical (unpaired) electrons. The molecule has 0 bridgehead atoms. The lowest BCUT2D eigenvalue weighted by atomic mass is 10.0. The predicted octanol–water partition coefficient (Wildman–Crippen LogP) is 5.29. The molecule has 156 valence electrons. The van der Waals surface area contributed by atoms with Crippen LogP contribution < -0.4 is 4.90 Å². The van der Waals surface area contributed by atoms with Crippen molar-refractivity contribution in [1.29, 1.82) is 0 Å². The van der Waals surface area contributed by atoms with E-state index in [-0.39, 0.29) is 28.6 Å². The SMILES string of the molecule is Oc1[nH]c2cccc(F)c2c1C=Nc1ccc(N2CCC(c3ccccn3)C2)c(F)c1. The van der Waals surface area contributed by atoms with Gasteiger partial charge in [-0.2, -0.15) is 0 Å². The van der Waals surface area contributed by atoms with Crippen molar-refractivity contribution in [3.05, 3.63) is 83.7 Å². The summed E-state index contributed by atoms with van der Waals surface area (Å²) in [4.78, 5) is 13.4. The normalized spacial score (nSPS) is 16.6. The van der Waals surface area contributed by atoms with Gasteiger partial charge in [0.05, 0.1) is 22.5 Å². The van der Waals surface area contributed by atoms with E-state index in [4.69, 9.17) is 0 Å². The Morgan fingerprint density at radius 1 is 1.10 bits per heavy atom. The van der Waals surface area contributed by atoms with Gasteiger partial charge < -0.3 is 15.0 Å². The van der Waals surface area contributed by atoms with E-state index in [0.29, 0.717) is 23.4 Å². The summed E-state index contributed by atoms with van der Waals surface area (Å²) in [5.41, 5.74) is 2.63. The molecule has 2 aromatic heterocycles. The molecule has 1 aliphatic heterocycles. The van der Waals surface area contributed by atoms with Crippen molar-refractivity contribution in [3.8, 4) is 5.88 Å². The highest BCUT2D eigenvalue weighted by molar-refractivity contribution is 6.02. The topological polar surface area (TPSA) is 64.5 Å². The van der Waals surface area contributed by atoms with Gasteiger partial charge in [0.15, 0.2) is 5.88 Å². The van der Waals surface area contributed by atoms with Gasteiger partial charge >= 0.3 is 0 Å². The highest BCUT2D eigenvalue weighted by Crippen LogP contribution is 2.33. The van der Waals surface area contributed by atoms with E-state index in [2.05, 4.69) is 15.0 Å². The molecule has 3 heterocycles. The molecule has 0 saturated carbocycles. The minimum atomic E-state index is -0.464. The molecule has 0 spiro atoms. The Morgan fingerprint density at radius 3 is 2.81 bits per heavy atom. The summed E-state index contributed by atoms with van der Waals surface area (Å²) in [7, 11) is 0. The maximum absolute atomic E-state index is 14.8. The van der Waals surface area contributed by atoms with Crippen LogP contribution in [-0.2, 0) is 0 Å². The van der Waals surface area contributed by atoms with Crippen LogP contribution >= 0.6 is 0 Å². The number of fused-ring (bicyclic) bond motifs is 1. The zero-order valence-electron chi connectivity index (χ0n) is 16.6. The molecule has 5 nitrogen and oxygen atoms in total. The predicted molar refractivity (Wildman–Crippen MR) is 117 cm³/mol. The first kappa shape index (κ1) is 19.2. The lowest BCUT2D eigenvalue weighted by Crippen LogP contribution is -2.20. The first-order valence-corrected chi connectivity index (χ1v) is 10.1. The van der Waals surface area contributed by atoms with Crippen molar-refractivity contribution >= 4 is 28.5 Å². The molecule has 1 atom stereocenters. The number of hydrogen-bond donors (Lipinski definition) is 2. The average Bonchev–Trinajstić information content (AvgIpc) is 3.38. The molecule has 0 aliphatic carbocycles. The van der Waals surface area contributed by atoms with E-state index in [1.807, 2.05) is 23.1 Å². The summed E-state index contributed by atoms with van der Waals surface area (Å²) in [6.07, 6.45) is 4.04. The molecule has 2 aromatic carbocycles. The molecule has 0 amide bonds. The number of aromatic hydroxyl groups is 1. The Kier molecular flexibility index (Phi) is 4.86. The summed E-state index contributed by atoms with van der Waals surface area (Å²) in [6, 6.07) is 15.2. The first-order valence-electron chi connectivity index (χ1n) is 10.1. The number of hydrogen-bond acceptors (Lipinski definition) is 4. The highest BCUT2D eigenvalue weighted by atomic mass is 19.1. The Labute approximate surface area is 177 Å². The third kappa shape index (κ3) is 3.63. The summed E-state index contributed by atoms with van der Waals surface area (Å²) < 4.78 is 29.0. The number of rotatable bonds is 4. The fourth-order valence-electron chi connectivity index (χ4n) is 4.15. The van der Waals surface area contributed by atoms with E-state index in [9.17, 15) is 13.9 Å². The van der Waals surface area contributed by atoms with Gasteiger partial charge in [0, 0.05) is 48.6 Å². The number of aromatic amines is 1. The van der Waals surface area contributed by atoms with Crippen molar-refractivity contribution in [1.82, 2.24) is 9.97 Å². The molecular formula is C24H20F2N4O. The molecule has 2 N–H and O–H groups in total. The van der Waals surface area contributed by atoms with Gasteiger partial charge in [0.1, 0.15) is 11.6 Å². The van der Waals surface area contributed by atoms with Crippen LogP contribution in [0.15, 0.2) is 65.8 Å². The monoisotopic (exact) mass is 418 g/mol. The van der Waals surface area contributed by atoms with Crippen LogP contribution in [0.1, 0.15) is 23.6 Å². The summed E-state index contributed by atoms with van der Waals surface area (Å²) >= 11 is 0. The lowest BCUT2D eigenvalue weighted by molar-refractivity contribution is 0.457. The number of aromatic nitrogens is 2. The highest BCUT2D eigenvalue weighted by Gasteiger charge is 2.26. The zero-order valence-corrected chi connectivity index (χ0v) is 16.6. The molecule has 5 rings (SSSR count). The third-order valence-electron chi connectivity index (χ3n) is 5.70. The van der Waals surface area contributed by atoms with E-state index in [1.54, 1.807) is 30.5 Å². The van der Waals surface area contributed by atoms with Crippen molar-refractivity contribution in [2.75, 3.05) is 18.0 Å². The largest absolute Gasteiger partial charge is 0.494 e. The average molecular weight is 418 g/mol. The molecule has 4 aromatic rings. The summed E-state index contributed by atoms with van der Waals surface area (Å²) in [5.74, 6) is -0.740. The van der Waals surface area contributed by atoms with Crippen molar-refractivity contribution < 1.29 is 13.9 Å². The standard InChI is InChI=1S/C24H20F2N4O/c25-18-4-3-6-21-23(18)17(24(31)29-21)13-28-16-7-8-22(19(26)12-16)30-11-9-15(14-30)20-5-1-2-10-27-20/h1-8,10,12-13,15,29,31H,9,11,14H2. The molecule has 1 saturated heterocycles. The minimum Gasteiger partial charge on any atom is -0.494 e. The number of anilines is 1. The van der Waals surface area contributed by atoms with Gasteiger partial charge in [-0.3, -0.25) is 9.98 Å². The van der Waals surface area contributed by atoms with E-state index < -0.39 is 5.82 Å². The maximum atomic E-state index is 14.8. The van der Waals surface area contributed by atoms with E-state index in [0.717, 1.165) is 18.7 Å². The van der Waals surface area contributed by atoms with Crippen molar-refractivity contribution in [3.63, 3.8) is 0 Å². The number of nitrogens with one attached hydrogen (secondary N) is 1. The second kappa shape index (κ2) is 7.83. The minimum absolute atomic E-state index is 0.182. The van der Waals surface area contributed by atoms with Crippen LogP contribution in [0.3, 0.4) is 0 Å². The lowest BCUT2D eigenvalue weighted by Gasteiger charge is -2.19. The molecule has 1 fully saturated rings. The van der Waals surface area contributed by atoms with Crippen LogP contribution in [-0.4, -0.2) is 34.4 Å². The fraction of sp³-hybridized carbons (Fsp3) is 0.167. The molecule has 31 heavy (non-hydrogen) atoms. The third-order valence-corrected chi connectivity index (χ3v) is 5.70. The smallest absolute Gasteiger partial charge is 0.198 e. The van der Waals surface area contributed by atoms with E-state index >= 15 is 0 Å². The van der Waals surface area contributed by atoms with Crippen LogP contribution in [0.25, 0.3) is 10.9 Å². The zero-order chi connectivity index (χ0) is 21.4. The second-order valence-corrected chi connectivity index (χ2v) is 7.63. The van der Waals surface area contributed by atoms with Crippen LogP contribution in [0.2, 0.25) is 0 Å². The number of H-pyrrole nitrogens is 1. The number of halogens is 2. The summed E-state index contributed by atoms with van der Waals surface area (Å²) in [6.45, 7) is 1.46. The van der Waals surface area contributed by atoms with Crippen LogP contribution in [0.5, 0.6) is 5.88 Å². The van der Waals surface area contributed by atoms with E-state index in [1.165, 1.54) is 18.3 Å². The van der Waals surface area contributed by atoms with Gasteiger partial charge in [-0.05, 0) is 42.8 Å². The summed E-state index contributed by atoms with van der Waals surface area (Å²) in [5, 5.41) is 10.3. The molecule has 1 aliphatic rings. The van der Waals surface area contributed by atoms with Crippen LogP contribution in [0.4, 0.5) is 20.2 Å². The van der Waals surface area contributed by atoms with Crippen molar-refractivity contribution in [2.24, 2.45) is 4.99 Å². The fourth-order valence-corrected chi connectivity index (χ4v) is 4.15. The second-order valence-electron chi connectivity index (χ2n) is 7.63. The maximum Gasteiger partial charge on any atom is 0.198 e. The Balaban J connectivity index is 1.37. The first-order chi connectivity index (χ1) is 15.1. The number of pyridine rings is 1. The van der Waals surface area contributed by atoms with Gasteiger partial charge in [0.2, 0.25) is 0 Å². The quantitative estimate of drug-likeness (QED) is 0.443. The molecular weight excluding hydrogens is 398 g/mol. The number of nitrogens with zero attached hydrogens (tertiary/aromatic N) is 3. The number of benzene rings is 2.